The third-order valence-corrected chi connectivity index (χ3v) is 4.33. The van der Waals surface area contributed by atoms with Crippen LogP contribution < -0.4 is 10.5 Å². The fourth-order valence-corrected chi connectivity index (χ4v) is 3.11. The van der Waals surface area contributed by atoms with Gasteiger partial charge < -0.3 is 15.5 Å². The van der Waals surface area contributed by atoms with Gasteiger partial charge in [0.2, 0.25) is 5.88 Å². The Bertz CT molecular complexity index is 819. The lowest BCUT2D eigenvalue weighted by molar-refractivity contribution is 0.208. The van der Waals surface area contributed by atoms with Gasteiger partial charge in [-0.15, -0.1) is 0 Å². The molecule has 1 amide bonds. The van der Waals surface area contributed by atoms with E-state index in [9.17, 15) is 4.79 Å². The lowest BCUT2D eigenvalue weighted by atomic mass is 10.4. The van der Waals surface area contributed by atoms with Crippen LogP contribution >= 0.6 is 23.4 Å². The zero-order valence-electron chi connectivity index (χ0n) is 10.7. The number of hydrogen-bond acceptors (Lipinski definition) is 4. The zero-order chi connectivity index (χ0) is 14.8. The molecule has 5 nitrogen and oxygen atoms in total. The predicted octanol–water partition coefficient (Wildman–Crippen LogP) is 3.83. The normalized spacial score (nSPS) is 10.7. The number of nitrogens with two attached hydrogens (primary N) is 1. The summed E-state index contributed by atoms with van der Waals surface area (Å²) < 4.78 is 5.02. The first-order valence-corrected chi connectivity index (χ1v) is 7.21. The van der Waals surface area contributed by atoms with Crippen molar-refractivity contribution in [2.75, 3.05) is 0 Å². The highest BCUT2D eigenvalue weighted by molar-refractivity contribution is 7.99. The maximum atomic E-state index is 11.0. The lowest BCUT2D eigenvalue weighted by Gasteiger charge is -2.05. The molecule has 2 heterocycles. The zero-order valence-corrected chi connectivity index (χ0v) is 12.2. The van der Waals surface area contributed by atoms with Gasteiger partial charge in [-0.2, -0.15) is 0 Å². The number of fused-ring (bicyclic) bond motifs is 1. The molecule has 0 aliphatic carbocycles. The van der Waals surface area contributed by atoms with Gasteiger partial charge in [0.05, 0.1) is 10.5 Å². The molecule has 0 saturated heterocycles. The molecule has 106 valence electrons. The number of nitrogens with zero attached hydrogens (tertiary/aromatic N) is 1. The Morgan fingerprint density at radius 1 is 1.29 bits per heavy atom. The van der Waals surface area contributed by atoms with Crippen molar-refractivity contribution in [3.05, 3.63) is 47.6 Å². The van der Waals surface area contributed by atoms with Crippen molar-refractivity contribution in [3.63, 3.8) is 0 Å². The third-order valence-electron chi connectivity index (χ3n) is 2.73. The largest absolute Gasteiger partial charge is 0.411 e. The number of halogens is 1. The number of aromatic nitrogens is 2. The predicted molar refractivity (Wildman–Crippen MR) is 81.9 cm³/mol. The van der Waals surface area contributed by atoms with E-state index >= 15 is 0 Å². The number of primary amides is 1. The molecule has 0 atom stereocenters. The Labute approximate surface area is 129 Å². The van der Waals surface area contributed by atoms with Crippen molar-refractivity contribution < 1.29 is 9.53 Å². The molecule has 2 aromatic heterocycles. The van der Waals surface area contributed by atoms with Gasteiger partial charge in [-0.3, -0.25) is 4.98 Å². The number of carbonyl (C=O) groups excluding carboxylic acids is 1. The molecular formula is C14H10ClN3O2S. The second-order valence-corrected chi connectivity index (χ2v) is 5.60. The van der Waals surface area contributed by atoms with Crippen LogP contribution in [-0.4, -0.2) is 16.1 Å². The first-order valence-electron chi connectivity index (χ1n) is 6.01. The number of aromatic amines is 1. The number of benzene rings is 1. The minimum absolute atomic E-state index is 0.265. The molecule has 21 heavy (non-hydrogen) atoms. The number of nitrogens with one attached hydrogen (secondary N) is 1. The average Bonchev–Trinajstić information content (AvgIpc) is 2.78. The van der Waals surface area contributed by atoms with Gasteiger partial charge in [-0.1, -0.05) is 35.5 Å². The summed E-state index contributed by atoms with van der Waals surface area (Å²) >= 11 is 7.53. The van der Waals surface area contributed by atoms with Gasteiger partial charge in [0.25, 0.3) is 0 Å². The Morgan fingerprint density at radius 2 is 2.10 bits per heavy atom. The molecule has 3 rings (SSSR count). The van der Waals surface area contributed by atoms with Crippen LogP contribution in [0.5, 0.6) is 5.88 Å². The standard InChI is InChI=1S/C14H10ClN3O2S/c15-8-4-1-2-6-10(8)21-12-11-9(5-3-7-17-11)18-13(12)20-14(16)19/h1-7,18H,(H2,16,19). The first kappa shape index (κ1) is 13.8. The van der Waals surface area contributed by atoms with Gasteiger partial charge >= 0.3 is 6.09 Å². The van der Waals surface area contributed by atoms with Crippen molar-refractivity contribution >= 4 is 40.5 Å². The molecule has 0 spiro atoms. The van der Waals surface area contributed by atoms with Crippen molar-refractivity contribution in [3.8, 4) is 5.88 Å². The maximum Gasteiger partial charge on any atom is 0.411 e. The highest BCUT2D eigenvalue weighted by Crippen LogP contribution is 2.41. The van der Waals surface area contributed by atoms with Crippen molar-refractivity contribution in [2.24, 2.45) is 5.73 Å². The van der Waals surface area contributed by atoms with Crippen LogP contribution in [0.25, 0.3) is 11.0 Å². The fourth-order valence-electron chi connectivity index (χ4n) is 1.88. The van der Waals surface area contributed by atoms with E-state index in [1.807, 2.05) is 24.3 Å². The summed E-state index contributed by atoms with van der Waals surface area (Å²) in [7, 11) is 0. The minimum atomic E-state index is -0.887. The van der Waals surface area contributed by atoms with E-state index in [2.05, 4.69) is 9.97 Å². The Morgan fingerprint density at radius 3 is 2.86 bits per heavy atom. The van der Waals surface area contributed by atoms with E-state index in [1.165, 1.54) is 11.8 Å². The summed E-state index contributed by atoms with van der Waals surface area (Å²) in [4.78, 5) is 19.8. The van der Waals surface area contributed by atoms with Crippen LogP contribution in [0, 0.1) is 0 Å². The molecule has 3 aromatic rings. The van der Waals surface area contributed by atoms with Crippen LogP contribution in [0.4, 0.5) is 4.79 Å². The number of carbonyl (C=O) groups is 1. The molecule has 0 saturated carbocycles. The van der Waals surface area contributed by atoms with E-state index in [1.54, 1.807) is 18.3 Å². The van der Waals surface area contributed by atoms with Gasteiger partial charge in [-0.25, -0.2) is 4.79 Å². The minimum Gasteiger partial charge on any atom is -0.392 e. The number of amides is 1. The molecule has 3 N–H and O–H groups in total. The molecule has 0 aliphatic heterocycles. The monoisotopic (exact) mass is 319 g/mol. The SMILES string of the molecule is NC(=O)Oc1[nH]c2cccnc2c1Sc1ccccc1Cl. The second kappa shape index (κ2) is 5.67. The summed E-state index contributed by atoms with van der Waals surface area (Å²) in [5.74, 6) is 0.265. The summed E-state index contributed by atoms with van der Waals surface area (Å²) in [6, 6.07) is 11.0. The van der Waals surface area contributed by atoms with Gasteiger partial charge in [0.15, 0.2) is 0 Å². The van der Waals surface area contributed by atoms with Crippen LogP contribution in [0.3, 0.4) is 0 Å². The number of H-pyrrole nitrogens is 1. The van der Waals surface area contributed by atoms with Crippen molar-refractivity contribution in [2.45, 2.75) is 9.79 Å². The van der Waals surface area contributed by atoms with Gasteiger partial charge in [-0.05, 0) is 24.3 Å². The number of rotatable bonds is 3. The van der Waals surface area contributed by atoms with E-state index in [-0.39, 0.29) is 5.88 Å². The molecule has 0 aliphatic rings. The van der Waals surface area contributed by atoms with Gasteiger partial charge in [0.1, 0.15) is 10.4 Å². The number of ether oxygens (including phenoxy) is 1. The topological polar surface area (TPSA) is 81.0 Å². The van der Waals surface area contributed by atoms with Crippen LogP contribution in [-0.2, 0) is 0 Å². The van der Waals surface area contributed by atoms with Crippen LogP contribution in [0.15, 0.2) is 52.4 Å². The summed E-state index contributed by atoms with van der Waals surface area (Å²) in [5.41, 5.74) is 6.55. The Balaban J connectivity index is 2.11. The first-order chi connectivity index (χ1) is 10.1. The highest BCUT2D eigenvalue weighted by atomic mass is 35.5. The lowest BCUT2D eigenvalue weighted by Crippen LogP contribution is -2.16. The van der Waals surface area contributed by atoms with E-state index < -0.39 is 6.09 Å². The van der Waals surface area contributed by atoms with E-state index in [0.29, 0.717) is 15.4 Å². The summed E-state index contributed by atoms with van der Waals surface area (Å²) in [6.45, 7) is 0. The molecular weight excluding hydrogens is 310 g/mol. The quantitative estimate of drug-likeness (QED) is 0.769. The van der Waals surface area contributed by atoms with Crippen molar-refractivity contribution in [1.29, 1.82) is 0 Å². The fraction of sp³-hybridized carbons (Fsp3) is 0. The van der Waals surface area contributed by atoms with E-state index in [4.69, 9.17) is 22.1 Å². The Hall–Kier alpha value is -2.18. The third kappa shape index (κ3) is 2.81. The van der Waals surface area contributed by atoms with Gasteiger partial charge in [0, 0.05) is 11.1 Å². The molecule has 1 aromatic carbocycles. The highest BCUT2D eigenvalue weighted by Gasteiger charge is 2.18. The van der Waals surface area contributed by atoms with Crippen molar-refractivity contribution in [1.82, 2.24) is 9.97 Å². The molecule has 0 bridgehead atoms. The summed E-state index contributed by atoms with van der Waals surface area (Å²) in [5, 5.41) is 0.609. The van der Waals surface area contributed by atoms with E-state index in [0.717, 1.165) is 10.4 Å². The molecule has 7 heteroatoms. The number of pyridine rings is 1. The van der Waals surface area contributed by atoms with Crippen LogP contribution in [0.1, 0.15) is 0 Å². The molecule has 0 unspecified atom stereocenters. The number of hydrogen-bond donors (Lipinski definition) is 2. The smallest absolute Gasteiger partial charge is 0.392 e. The summed E-state index contributed by atoms with van der Waals surface area (Å²) in [6.07, 6.45) is 0.781. The molecule has 0 radical (unpaired) electrons. The maximum absolute atomic E-state index is 11.0. The average molecular weight is 320 g/mol. The second-order valence-electron chi connectivity index (χ2n) is 4.14. The molecule has 0 fully saturated rings. The Kier molecular flexibility index (Phi) is 3.72. The van der Waals surface area contributed by atoms with Crippen LogP contribution in [0.2, 0.25) is 5.02 Å².